The summed E-state index contributed by atoms with van der Waals surface area (Å²) in [5.41, 5.74) is 0.814. The highest BCUT2D eigenvalue weighted by molar-refractivity contribution is 7.90. The molecule has 1 aromatic rings. The minimum Gasteiger partial charge on any atom is -0.368 e. The predicted molar refractivity (Wildman–Crippen MR) is 58.9 cm³/mol. The van der Waals surface area contributed by atoms with Gasteiger partial charge in [0.05, 0.1) is 11.4 Å². The van der Waals surface area contributed by atoms with Crippen LogP contribution in [0.25, 0.3) is 0 Å². The fourth-order valence-electron chi connectivity index (χ4n) is 1.17. The molecule has 1 rings (SSSR count). The van der Waals surface area contributed by atoms with Gasteiger partial charge >= 0.3 is 0 Å². The standard InChI is InChI=1S/C10H13NO3S/c1-11(7-8-12)9-3-5-10(6-4-9)15(2,13)14/h3-6,8H,7H2,1-2H3. The number of hydrogen-bond donors (Lipinski definition) is 0. The number of nitrogens with zero attached hydrogens (tertiary/aromatic N) is 1. The van der Waals surface area contributed by atoms with E-state index in [0.717, 1.165) is 18.2 Å². The summed E-state index contributed by atoms with van der Waals surface area (Å²) in [6.45, 7) is 0.290. The summed E-state index contributed by atoms with van der Waals surface area (Å²) >= 11 is 0. The van der Waals surface area contributed by atoms with Gasteiger partial charge in [-0.2, -0.15) is 0 Å². The summed E-state index contributed by atoms with van der Waals surface area (Å²) in [6.07, 6.45) is 1.96. The number of carbonyl (C=O) groups is 1. The van der Waals surface area contributed by atoms with E-state index >= 15 is 0 Å². The van der Waals surface area contributed by atoms with E-state index in [1.807, 2.05) is 0 Å². The van der Waals surface area contributed by atoms with Crippen LogP contribution in [0.5, 0.6) is 0 Å². The average Bonchev–Trinajstić information content (AvgIpc) is 2.17. The molecule has 0 aliphatic heterocycles. The molecule has 5 heteroatoms. The van der Waals surface area contributed by atoms with E-state index in [-0.39, 0.29) is 11.4 Å². The van der Waals surface area contributed by atoms with E-state index in [0.29, 0.717) is 0 Å². The van der Waals surface area contributed by atoms with Crippen molar-refractivity contribution in [1.82, 2.24) is 0 Å². The third kappa shape index (κ3) is 3.06. The van der Waals surface area contributed by atoms with E-state index in [9.17, 15) is 13.2 Å². The minimum absolute atomic E-state index is 0.283. The van der Waals surface area contributed by atoms with Crippen LogP contribution in [0.2, 0.25) is 0 Å². The highest BCUT2D eigenvalue weighted by Crippen LogP contribution is 2.16. The Hall–Kier alpha value is -1.36. The molecule has 0 saturated carbocycles. The van der Waals surface area contributed by atoms with E-state index in [1.54, 1.807) is 24.1 Å². The van der Waals surface area contributed by atoms with Crippen molar-refractivity contribution in [3.8, 4) is 0 Å². The molecule has 0 aliphatic carbocycles. The molecule has 0 unspecified atom stereocenters. The zero-order valence-electron chi connectivity index (χ0n) is 8.67. The van der Waals surface area contributed by atoms with E-state index in [2.05, 4.69) is 0 Å². The van der Waals surface area contributed by atoms with Crippen LogP contribution >= 0.6 is 0 Å². The van der Waals surface area contributed by atoms with Gasteiger partial charge in [0.2, 0.25) is 0 Å². The second kappa shape index (κ2) is 4.44. The second-order valence-corrected chi connectivity index (χ2v) is 5.33. The lowest BCUT2D eigenvalue weighted by atomic mass is 10.3. The number of benzene rings is 1. The fourth-order valence-corrected chi connectivity index (χ4v) is 1.80. The summed E-state index contributed by atoms with van der Waals surface area (Å²) in [5.74, 6) is 0. The number of aldehydes is 1. The highest BCUT2D eigenvalue weighted by Gasteiger charge is 2.07. The van der Waals surface area contributed by atoms with Gasteiger partial charge in [-0.3, -0.25) is 0 Å². The van der Waals surface area contributed by atoms with Crippen LogP contribution in [-0.4, -0.2) is 34.6 Å². The van der Waals surface area contributed by atoms with Crippen LogP contribution < -0.4 is 4.90 Å². The van der Waals surface area contributed by atoms with Crippen molar-refractivity contribution in [2.24, 2.45) is 0 Å². The van der Waals surface area contributed by atoms with Crippen molar-refractivity contribution in [3.63, 3.8) is 0 Å². The monoisotopic (exact) mass is 227 g/mol. The Morgan fingerprint density at radius 1 is 1.27 bits per heavy atom. The molecule has 0 bridgehead atoms. The Balaban J connectivity index is 2.95. The smallest absolute Gasteiger partial charge is 0.175 e. The normalized spacial score (nSPS) is 11.1. The summed E-state index contributed by atoms with van der Waals surface area (Å²) in [7, 11) is -1.38. The minimum atomic E-state index is -3.15. The number of hydrogen-bond acceptors (Lipinski definition) is 4. The third-order valence-electron chi connectivity index (χ3n) is 2.05. The van der Waals surface area contributed by atoms with Crippen LogP contribution in [0, 0.1) is 0 Å². The van der Waals surface area contributed by atoms with Gasteiger partial charge in [-0.25, -0.2) is 8.42 Å². The molecule has 0 aromatic heterocycles. The van der Waals surface area contributed by atoms with Crippen LogP contribution in [0.15, 0.2) is 29.2 Å². The SMILES string of the molecule is CN(CC=O)c1ccc(S(C)(=O)=O)cc1. The maximum atomic E-state index is 11.2. The first-order chi connectivity index (χ1) is 6.95. The number of anilines is 1. The first kappa shape index (κ1) is 11.7. The maximum absolute atomic E-state index is 11.2. The lowest BCUT2D eigenvalue weighted by Crippen LogP contribution is -2.19. The number of likely N-dealkylation sites (N-methyl/N-ethyl adjacent to an activating group) is 1. The molecule has 0 aliphatic rings. The molecular weight excluding hydrogens is 214 g/mol. The molecule has 0 N–H and O–H groups in total. The van der Waals surface area contributed by atoms with Crippen molar-refractivity contribution in [2.45, 2.75) is 4.90 Å². The van der Waals surface area contributed by atoms with Crippen molar-refractivity contribution in [3.05, 3.63) is 24.3 Å². The van der Waals surface area contributed by atoms with Gasteiger partial charge < -0.3 is 9.69 Å². The van der Waals surface area contributed by atoms with E-state index in [4.69, 9.17) is 0 Å². The van der Waals surface area contributed by atoms with Crippen LogP contribution in [0.3, 0.4) is 0 Å². The molecule has 0 atom stereocenters. The zero-order chi connectivity index (χ0) is 11.5. The molecule has 82 valence electrons. The molecule has 0 fully saturated rings. The molecule has 15 heavy (non-hydrogen) atoms. The Bertz CT molecular complexity index is 436. The van der Waals surface area contributed by atoms with E-state index in [1.165, 1.54) is 12.1 Å². The Morgan fingerprint density at radius 3 is 2.20 bits per heavy atom. The van der Waals surface area contributed by atoms with Gasteiger partial charge in [0, 0.05) is 19.0 Å². The average molecular weight is 227 g/mol. The molecule has 0 radical (unpaired) electrons. The summed E-state index contributed by atoms with van der Waals surface area (Å²) in [5, 5.41) is 0. The van der Waals surface area contributed by atoms with Crippen molar-refractivity contribution < 1.29 is 13.2 Å². The number of carbonyl (C=O) groups excluding carboxylic acids is 1. The Labute approximate surface area is 89.4 Å². The summed E-state index contributed by atoms with van der Waals surface area (Å²) < 4.78 is 22.3. The van der Waals surface area contributed by atoms with Gasteiger partial charge in [-0.15, -0.1) is 0 Å². The summed E-state index contributed by atoms with van der Waals surface area (Å²) in [6, 6.07) is 6.43. The number of sulfone groups is 1. The number of rotatable bonds is 4. The molecule has 0 spiro atoms. The summed E-state index contributed by atoms with van der Waals surface area (Å²) in [4.78, 5) is 12.3. The van der Waals surface area contributed by atoms with Crippen molar-refractivity contribution in [1.29, 1.82) is 0 Å². The topological polar surface area (TPSA) is 54.5 Å². The Kier molecular flexibility index (Phi) is 3.47. The maximum Gasteiger partial charge on any atom is 0.175 e. The lowest BCUT2D eigenvalue weighted by molar-refractivity contribution is -0.106. The first-order valence-electron chi connectivity index (χ1n) is 4.40. The lowest BCUT2D eigenvalue weighted by Gasteiger charge is -2.15. The van der Waals surface area contributed by atoms with Gasteiger partial charge in [-0.05, 0) is 24.3 Å². The highest BCUT2D eigenvalue weighted by atomic mass is 32.2. The molecule has 0 amide bonds. The third-order valence-corrected chi connectivity index (χ3v) is 3.18. The molecule has 4 nitrogen and oxygen atoms in total. The predicted octanol–water partition coefficient (Wildman–Crippen LogP) is 0.725. The second-order valence-electron chi connectivity index (χ2n) is 3.31. The quantitative estimate of drug-likeness (QED) is 0.711. The Morgan fingerprint density at radius 2 is 1.80 bits per heavy atom. The van der Waals surface area contributed by atoms with Crippen LogP contribution in [-0.2, 0) is 14.6 Å². The largest absolute Gasteiger partial charge is 0.368 e. The molecule has 0 heterocycles. The van der Waals surface area contributed by atoms with Gasteiger partial charge in [0.1, 0.15) is 6.29 Å². The van der Waals surface area contributed by atoms with Gasteiger partial charge in [0.25, 0.3) is 0 Å². The van der Waals surface area contributed by atoms with Crippen LogP contribution in [0.4, 0.5) is 5.69 Å². The van der Waals surface area contributed by atoms with Gasteiger partial charge in [-0.1, -0.05) is 0 Å². The van der Waals surface area contributed by atoms with Crippen molar-refractivity contribution >= 4 is 21.8 Å². The zero-order valence-corrected chi connectivity index (χ0v) is 9.49. The van der Waals surface area contributed by atoms with E-state index < -0.39 is 9.84 Å². The fraction of sp³-hybridized carbons (Fsp3) is 0.300. The van der Waals surface area contributed by atoms with Crippen molar-refractivity contribution in [2.75, 3.05) is 24.7 Å². The van der Waals surface area contributed by atoms with Gasteiger partial charge in [0.15, 0.2) is 9.84 Å². The first-order valence-corrected chi connectivity index (χ1v) is 6.29. The van der Waals surface area contributed by atoms with Crippen LogP contribution in [0.1, 0.15) is 0 Å². The molecule has 0 saturated heterocycles. The molecule has 1 aromatic carbocycles. The molecular formula is C10H13NO3S.